The average molecular weight is 448 g/mol. The number of ether oxygens (including phenoxy) is 1. The van der Waals surface area contributed by atoms with E-state index in [1.807, 2.05) is 6.92 Å². The normalized spacial score (nSPS) is 27.5. The van der Waals surface area contributed by atoms with Crippen LogP contribution in [-0.4, -0.2) is 56.1 Å². The van der Waals surface area contributed by atoms with Gasteiger partial charge in [0, 0.05) is 13.5 Å². The van der Waals surface area contributed by atoms with Gasteiger partial charge in [0.1, 0.15) is 12.2 Å². The number of hydrogen-bond acceptors (Lipinski definition) is 6. The van der Waals surface area contributed by atoms with Crippen LogP contribution in [0.2, 0.25) is 18.1 Å². The number of nitrogens with zero attached hydrogens (tertiary/aromatic N) is 2. The molecule has 0 aromatic rings. The minimum absolute atomic E-state index is 0.0618. The maximum Gasteiger partial charge on any atom is 0.259 e. The molecule has 1 rings (SSSR count). The monoisotopic (exact) mass is 447 g/mol. The van der Waals surface area contributed by atoms with Gasteiger partial charge in [-0.05, 0) is 59.7 Å². The third-order valence-corrected chi connectivity index (χ3v) is 12.3. The second-order valence-electron chi connectivity index (χ2n) is 9.84. The molecule has 1 saturated heterocycles. The van der Waals surface area contributed by atoms with E-state index in [4.69, 9.17) is 24.8 Å². The van der Waals surface area contributed by atoms with Crippen LogP contribution in [0.1, 0.15) is 70.1 Å². The van der Waals surface area contributed by atoms with Gasteiger partial charge in [-0.25, -0.2) is 4.67 Å². The third kappa shape index (κ3) is 7.24. The summed E-state index contributed by atoms with van der Waals surface area (Å²) in [5.74, 6) is 0. The SMILES string of the molecule is [2H]C[C@H]1O[C@@H](C)[C@H](O[Si](C)(C)C(C)(C)C)[C@@H]1OP(OCCC#N)N(C(C)C)C(C)C. The highest BCUT2D eigenvalue weighted by molar-refractivity contribution is 7.44. The maximum atomic E-state index is 8.94. The molecule has 0 N–H and O–H groups in total. The van der Waals surface area contributed by atoms with E-state index in [0.717, 1.165) is 0 Å². The van der Waals surface area contributed by atoms with Crippen molar-refractivity contribution in [1.29, 1.82) is 5.26 Å². The van der Waals surface area contributed by atoms with Gasteiger partial charge in [0.2, 0.25) is 0 Å². The highest BCUT2D eigenvalue weighted by Crippen LogP contribution is 2.50. The first-order valence-corrected chi connectivity index (χ1v) is 14.7. The van der Waals surface area contributed by atoms with Gasteiger partial charge < -0.3 is 18.2 Å². The van der Waals surface area contributed by atoms with Gasteiger partial charge in [-0.3, -0.25) is 0 Å². The van der Waals surface area contributed by atoms with E-state index in [0.29, 0.717) is 13.0 Å². The quantitative estimate of drug-likeness (QED) is 0.238. The number of hydrogen-bond donors (Lipinski definition) is 0. The first-order chi connectivity index (χ1) is 13.8. The van der Waals surface area contributed by atoms with E-state index in [9.17, 15) is 0 Å². The van der Waals surface area contributed by atoms with Gasteiger partial charge in [-0.15, -0.1) is 0 Å². The summed E-state index contributed by atoms with van der Waals surface area (Å²) in [6.07, 6.45) is -0.815. The van der Waals surface area contributed by atoms with Crippen molar-refractivity contribution in [2.45, 2.75) is 123 Å². The van der Waals surface area contributed by atoms with Crippen LogP contribution in [0.4, 0.5) is 0 Å². The van der Waals surface area contributed by atoms with E-state index in [-0.39, 0.29) is 48.4 Å². The fourth-order valence-corrected chi connectivity index (χ4v) is 6.24. The Balaban J connectivity index is 3.18. The minimum atomic E-state index is -2.06. The third-order valence-electron chi connectivity index (χ3n) is 5.65. The molecule has 0 spiro atoms. The van der Waals surface area contributed by atoms with Crippen LogP contribution in [-0.2, 0) is 18.2 Å². The van der Waals surface area contributed by atoms with E-state index >= 15 is 0 Å². The van der Waals surface area contributed by atoms with Crippen molar-refractivity contribution in [2.24, 2.45) is 0 Å². The van der Waals surface area contributed by atoms with Crippen molar-refractivity contribution < 1.29 is 19.6 Å². The van der Waals surface area contributed by atoms with Crippen LogP contribution in [0.15, 0.2) is 0 Å². The van der Waals surface area contributed by atoms with Gasteiger partial charge in [0.15, 0.2) is 8.32 Å². The van der Waals surface area contributed by atoms with Crippen LogP contribution in [0.25, 0.3) is 0 Å². The van der Waals surface area contributed by atoms with E-state index in [1.165, 1.54) is 0 Å². The number of nitriles is 1. The van der Waals surface area contributed by atoms with Crippen LogP contribution in [0, 0.1) is 11.3 Å². The second-order valence-corrected chi connectivity index (χ2v) is 16.0. The Kier molecular flexibility index (Phi) is 9.55. The zero-order valence-electron chi connectivity index (χ0n) is 21.1. The molecule has 0 bridgehead atoms. The molecule has 29 heavy (non-hydrogen) atoms. The zero-order valence-corrected chi connectivity index (χ0v) is 22.0. The summed E-state index contributed by atoms with van der Waals surface area (Å²) in [4.78, 5) is 0. The summed E-state index contributed by atoms with van der Waals surface area (Å²) in [6, 6.07) is 2.56. The largest absolute Gasteiger partial charge is 0.409 e. The molecule has 0 aromatic carbocycles. The Morgan fingerprint density at radius 2 is 1.76 bits per heavy atom. The van der Waals surface area contributed by atoms with Gasteiger partial charge >= 0.3 is 0 Å². The molecule has 0 aliphatic carbocycles. The molecule has 0 aromatic heterocycles. The van der Waals surface area contributed by atoms with Crippen LogP contribution >= 0.6 is 8.53 Å². The summed E-state index contributed by atoms with van der Waals surface area (Å²) in [7, 11) is -3.48. The lowest BCUT2D eigenvalue weighted by molar-refractivity contribution is 0.0292. The molecular weight excluding hydrogens is 403 g/mol. The average Bonchev–Trinajstić information content (AvgIpc) is 2.88. The maximum absolute atomic E-state index is 8.94. The smallest absolute Gasteiger partial charge is 0.259 e. The lowest BCUT2D eigenvalue weighted by Gasteiger charge is -2.42. The van der Waals surface area contributed by atoms with Crippen molar-refractivity contribution in [2.75, 3.05) is 6.61 Å². The Morgan fingerprint density at radius 1 is 1.17 bits per heavy atom. The van der Waals surface area contributed by atoms with Crippen molar-refractivity contribution >= 4 is 16.8 Å². The molecule has 0 radical (unpaired) electrons. The van der Waals surface area contributed by atoms with Crippen molar-refractivity contribution in [3.05, 3.63) is 0 Å². The molecule has 0 amide bonds. The number of rotatable bonds is 10. The summed E-state index contributed by atoms with van der Waals surface area (Å²) in [5, 5.41) is 9.01. The van der Waals surface area contributed by atoms with Crippen molar-refractivity contribution in [1.82, 2.24) is 4.67 Å². The minimum Gasteiger partial charge on any atom is -0.409 e. The molecular formula is C21H43N2O4PSi. The molecule has 1 aliphatic heterocycles. The van der Waals surface area contributed by atoms with Gasteiger partial charge in [-0.2, -0.15) is 5.26 Å². The van der Waals surface area contributed by atoms with Crippen molar-refractivity contribution in [3.8, 4) is 6.07 Å². The molecule has 5 atom stereocenters. The molecule has 1 fully saturated rings. The van der Waals surface area contributed by atoms with Crippen LogP contribution in [0.3, 0.4) is 0 Å². The predicted octanol–water partition coefficient (Wildman–Crippen LogP) is 5.85. The lowest BCUT2D eigenvalue weighted by atomic mass is 10.1. The summed E-state index contributed by atoms with van der Waals surface area (Å²) < 4.78 is 35.7. The van der Waals surface area contributed by atoms with E-state index < -0.39 is 16.8 Å². The lowest BCUT2D eigenvalue weighted by Crippen LogP contribution is -2.49. The van der Waals surface area contributed by atoms with Gasteiger partial charge in [0.05, 0.1) is 31.3 Å². The standard InChI is InChI=1S/C21H43N2O4PSi/c1-15(2)23(16(3)4)28(24-14-12-13-22)26-19-17(5)25-18(6)20(19)27-29(10,11)21(7,8)9/h15-20H,12,14H2,1-11H3/t17-,18+,19-,20+,28?/m1/s1/i5D. The molecule has 8 heteroatoms. The fraction of sp³-hybridized carbons (Fsp3) is 0.952. The van der Waals surface area contributed by atoms with E-state index in [2.05, 4.69) is 72.3 Å². The van der Waals surface area contributed by atoms with Crippen molar-refractivity contribution in [3.63, 3.8) is 0 Å². The topological polar surface area (TPSA) is 64.0 Å². The first kappa shape index (κ1) is 25.2. The Morgan fingerprint density at radius 3 is 2.21 bits per heavy atom. The van der Waals surface area contributed by atoms with Crippen LogP contribution < -0.4 is 0 Å². The summed E-state index contributed by atoms with van der Waals surface area (Å²) >= 11 is 0. The molecule has 1 unspecified atom stereocenters. The predicted molar refractivity (Wildman–Crippen MR) is 122 cm³/mol. The highest BCUT2D eigenvalue weighted by Gasteiger charge is 2.49. The molecule has 1 heterocycles. The molecule has 6 nitrogen and oxygen atoms in total. The van der Waals surface area contributed by atoms with Crippen LogP contribution in [0.5, 0.6) is 0 Å². The molecule has 1 aliphatic rings. The molecule has 170 valence electrons. The fourth-order valence-electron chi connectivity index (χ4n) is 3.12. The Hall–Kier alpha value is -0.0631. The summed E-state index contributed by atoms with van der Waals surface area (Å²) in [6.45, 7) is 22.0. The Labute approximate surface area is 182 Å². The summed E-state index contributed by atoms with van der Waals surface area (Å²) in [5.41, 5.74) is 0. The van der Waals surface area contributed by atoms with Gasteiger partial charge in [0.25, 0.3) is 8.53 Å². The van der Waals surface area contributed by atoms with E-state index in [1.54, 1.807) is 0 Å². The first-order valence-electron chi connectivity index (χ1n) is 11.3. The zero-order chi connectivity index (χ0) is 23.3. The Bertz CT molecular complexity index is 560. The second kappa shape index (κ2) is 11.0. The highest BCUT2D eigenvalue weighted by atomic mass is 31.2. The molecule has 0 saturated carbocycles. The van der Waals surface area contributed by atoms with Gasteiger partial charge in [-0.1, -0.05) is 20.8 Å².